The molecule has 2 aromatic rings. The lowest BCUT2D eigenvalue weighted by Gasteiger charge is -2.41. The summed E-state index contributed by atoms with van der Waals surface area (Å²) >= 11 is 1.94. The maximum Gasteiger partial charge on any atom is 0.303 e. The van der Waals surface area contributed by atoms with E-state index in [4.69, 9.17) is 10.5 Å². The molecular formula is C25H29N3O4S. The van der Waals surface area contributed by atoms with Gasteiger partial charge < -0.3 is 9.84 Å². The molecular weight excluding hydrogens is 438 g/mol. The minimum atomic E-state index is -1.07. The van der Waals surface area contributed by atoms with Crippen LogP contribution in [0.5, 0.6) is 5.75 Å². The number of fused-ring (bicyclic) bond motifs is 1. The third-order valence-corrected chi connectivity index (χ3v) is 7.23. The van der Waals surface area contributed by atoms with E-state index < -0.39 is 11.7 Å². The Kier molecular flexibility index (Phi) is 7.05. The molecule has 2 unspecified atom stereocenters. The molecule has 0 aliphatic carbocycles. The van der Waals surface area contributed by atoms with Crippen molar-refractivity contribution in [1.29, 1.82) is 0 Å². The molecule has 33 heavy (non-hydrogen) atoms. The molecule has 0 saturated carbocycles. The number of ether oxygens (including phenoxy) is 1. The highest BCUT2D eigenvalue weighted by molar-refractivity contribution is 7.99. The van der Waals surface area contributed by atoms with Crippen molar-refractivity contribution >= 4 is 29.7 Å². The number of carboxylic acid groups (broad SMARTS) is 1. The van der Waals surface area contributed by atoms with Crippen molar-refractivity contribution in [2.75, 3.05) is 24.6 Å². The number of carbonyl (C=O) groups excluding carboxylic acids is 1. The van der Waals surface area contributed by atoms with Crippen LogP contribution in [-0.4, -0.2) is 58.4 Å². The van der Waals surface area contributed by atoms with Gasteiger partial charge in [0.1, 0.15) is 5.75 Å². The van der Waals surface area contributed by atoms with Crippen LogP contribution in [0.4, 0.5) is 0 Å². The van der Waals surface area contributed by atoms with Crippen LogP contribution in [0.2, 0.25) is 0 Å². The number of aliphatic carboxylic acids is 1. The largest absolute Gasteiger partial charge is 0.481 e. The van der Waals surface area contributed by atoms with E-state index in [1.807, 2.05) is 43.1 Å². The molecule has 0 radical (unpaired) electrons. The Morgan fingerprint density at radius 3 is 2.58 bits per heavy atom. The second-order valence-corrected chi connectivity index (χ2v) is 9.72. The van der Waals surface area contributed by atoms with Crippen molar-refractivity contribution in [3.63, 3.8) is 0 Å². The van der Waals surface area contributed by atoms with E-state index in [0.717, 1.165) is 35.7 Å². The average molecular weight is 468 g/mol. The van der Waals surface area contributed by atoms with Crippen molar-refractivity contribution < 1.29 is 19.4 Å². The molecule has 3 N–H and O–H groups in total. The lowest BCUT2D eigenvalue weighted by Crippen LogP contribution is -2.55. The van der Waals surface area contributed by atoms with Crippen molar-refractivity contribution in [1.82, 2.24) is 5.01 Å². The third-order valence-electron chi connectivity index (χ3n) is 6.29. The standard InChI is InChI=1S/C25H29N3O4S/c1-2-25(26)21(15-23(29)30)13-19-7-8-20(14-22(19)32-25)24(31)18-5-3-17(4-6-18)16-27-28-9-11-33-12-10-28/h3-8,14,16,21H,2,9-13,15,26H2,1H3,(H,29,30). The summed E-state index contributed by atoms with van der Waals surface area (Å²) in [5, 5.41) is 15.8. The predicted octanol–water partition coefficient (Wildman–Crippen LogP) is 3.39. The number of hydrogen-bond donors (Lipinski definition) is 2. The van der Waals surface area contributed by atoms with Crippen molar-refractivity contribution in [2.24, 2.45) is 16.8 Å². The smallest absolute Gasteiger partial charge is 0.303 e. The zero-order valence-electron chi connectivity index (χ0n) is 18.7. The molecule has 8 heteroatoms. The maximum absolute atomic E-state index is 13.1. The fourth-order valence-corrected chi connectivity index (χ4v) is 5.09. The minimum Gasteiger partial charge on any atom is -0.481 e. The van der Waals surface area contributed by atoms with Gasteiger partial charge in [0.15, 0.2) is 11.5 Å². The van der Waals surface area contributed by atoms with Crippen LogP contribution >= 0.6 is 11.8 Å². The Balaban J connectivity index is 1.49. The van der Waals surface area contributed by atoms with Crippen LogP contribution in [0.3, 0.4) is 0 Å². The number of thioether (sulfide) groups is 1. The van der Waals surface area contributed by atoms with Crippen LogP contribution in [-0.2, 0) is 11.2 Å². The number of hydrazone groups is 1. The van der Waals surface area contributed by atoms with Gasteiger partial charge in [-0.15, -0.1) is 0 Å². The SMILES string of the molecule is CCC1(N)Oc2cc(C(=O)c3ccc(C=NN4CCSCC4)cc3)ccc2CC1CC(=O)O. The van der Waals surface area contributed by atoms with Gasteiger partial charge in [0, 0.05) is 41.6 Å². The van der Waals surface area contributed by atoms with Gasteiger partial charge >= 0.3 is 5.97 Å². The number of carbonyl (C=O) groups is 2. The predicted molar refractivity (Wildman–Crippen MR) is 130 cm³/mol. The van der Waals surface area contributed by atoms with Gasteiger partial charge in [0.25, 0.3) is 0 Å². The summed E-state index contributed by atoms with van der Waals surface area (Å²) in [7, 11) is 0. The Labute approximate surface area is 198 Å². The summed E-state index contributed by atoms with van der Waals surface area (Å²) in [5.41, 5.74) is 8.25. The van der Waals surface area contributed by atoms with Gasteiger partial charge in [-0.2, -0.15) is 16.9 Å². The molecule has 2 aromatic carbocycles. The van der Waals surface area contributed by atoms with Gasteiger partial charge in [-0.05, 0) is 30.0 Å². The zero-order valence-corrected chi connectivity index (χ0v) is 19.5. The minimum absolute atomic E-state index is 0.0587. The Hall–Kier alpha value is -2.84. The summed E-state index contributed by atoms with van der Waals surface area (Å²) in [4.78, 5) is 24.3. The van der Waals surface area contributed by atoms with Crippen LogP contribution in [0, 0.1) is 5.92 Å². The average Bonchev–Trinajstić information content (AvgIpc) is 2.83. The Bertz CT molecular complexity index is 1050. The number of carboxylic acids is 1. The van der Waals surface area contributed by atoms with E-state index in [-0.39, 0.29) is 18.1 Å². The molecule has 4 rings (SSSR count). The second kappa shape index (κ2) is 9.97. The first-order valence-corrected chi connectivity index (χ1v) is 12.4. The fourth-order valence-electron chi connectivity index (χ4n) is 4.21. The number of nitrogens with two attached hydrogens (primary N) is 1. The third kappa shape index (κ3) is 5.39. The summed E-state index contributed by atoms with van der Waals surface area (Å²) in [6, 6.07) is 12.7. The fraction of sp³-hybridized carbons (Fsp3) is 0.400. The molecule has 2 heterocycles. The molecule has 0 spiro atoms. The van der Waals surface area contributed by atoms with Crippen LogP contribution in [0.1, 0.15) is 46.8 Å². The molecule has 1 fully saturated rings. The van der Waals surface area contributed by atoms with E-state index in [1.54, 1.807) is 24.3 Å². The highest BCUT2D eigenvalue weighted by Crippen LogP contribution is 2.38. The molecule has 2 aliphatic heterocycles. The molecule has 7 nitrogen and oxygen atoms in total. The molecule has 2 atom stereocenters. The van der Waals surface area contributed by atoms with Gasteiger partial charge in [-0.1, -0.05) is 43.3 Å². The summed E-state index contributed by atoms with van der Waals surface area (Å²) in [6.07, 6.45) is 2.75. The number of nitrogens with zero attached hydrogens (tertiary/aromatic N) is 2. The normalized spacial score (nSPS) is 22.6. The first kappa shape index (κ1) is 23.3. The van der Waals surface area contributed by atoms with Crippen molar-refractivity contribution in [2.45, 2.75) is 31.9 Å². The van der Waals surface area contributed by atoms with E-state index in [9.17, 15) is 14.7 Å². The summed E-state index contributed by atoms with van der Waals surface area (Å²) < 4.78 is 6.06. The van der Waals surface area contributed by atoms with Gasteiger partial charge in [0.05, 0.1) is 12.6 Å². The number of rotatable bonds is 7. The molecule has 174 valence electrons. The number of hydrogen-bond acceptors (Lipinski definition) is 7. The van der Waals surface area contributed by atoms with Crippen molar-refractivity contribution in [3.05, 3.63) is 64.7 Å². The van der Waals surface area contributed by atoms with Crippen LogP contribution in [0.15, 0.2) is 47.6 Å². The monoisotopic (exact) mass is 467 g/mol. The second-order valence-electron chi connectivity index (χ2n) is 8.49. The number of ketones is 1. The highest BCUT2D eigenvalue weighted by Gasteiger charge is 2.41. The lowest BCUT2D eigenvalue weighted by molar-refractivity contribution is -0.141. The first-order valence-electron chi connectivity index (χ1n) is 11.2. The van der Waals surface area contributed by atoms with Gasteiger partial charge in [-0.25, -0.2) is 0 Å². The van der Waals surface area contributed by atoms with Crippen LogP contribution < -0.4 is 10.5 Å². The van der Waals surface area contributed by atoms with Gasteiger partial charge in [-0.3, -0.25) is 20.3 Å². The van der Waals surface area contributed by atoms with Crippen LogP contribution in [0.25, 0.3) is 0 Å². The Morgan fingerprint density at radius 2 is 1.91 bits per heavy atom. The van der Waals surface area contributed by atoms with E-state index in [0.29, 0.717) is 29.7 Å². The van der Waals surface area contributed by atoms with Crippen molar-refractivity contribution in [3.8, 4) is 5.75 Å². The summed E-state index contributed by atoms with van der Waals surface area (Å²) in [6.45, 7) is 3.79. The highest BCUT2D eigenvalue weighted by atomic mass is 32.2. The molecule has 0 bridgehead atoms. The van der Waals surface area contributed by atoms with E-state index in [1.165, 1.54) is 0 Å². The first-order chi connectivity index (χ1) is 15.9. The molecule has 0 amide bonds. The molecule has 0 aromatic heterocycles. The van der Waals surface area contributed by atoms with E-state index >= 15 is 0 Å². The lowest BCUT2D eigenvalue weighted by atomic mass is 9.82. The number of benzene rings is 2. The maximum atomic E-state index is 13.1. The zero-order chi connectivity index (χ0) is 23.4. The Morgan fingerprint density at radius 1 is 1.21 bits per heavy atom. The van der Waals surface area contributed by atoms with Gasteiger partial charge in [0.2, 0.25) is 0 Å². The van der Waals surface area contributed by atoms with E-state index in [2.05, 4.69) is 10.1 Å². The molecule has 1 saturated heterocycles. The molecule has 2 aliphatic rings. The summed E-state index contributed by atoms with van der Waals surface area (Å²) in [5.74, 6) is 1.41. The topological polar surface area (TPSA) is 105 Å². The quantitative estimate of drug-likeness (QED) is 0.475.